The number of hydrogen-bond acceptors (Lipinski definition) is 7. The first-order valence-corrected chi connectivity index (χ1v) is 13.9. The second-order valence-corrected chi connectivity index (χ2v) is 11.2. The third-order valence-electron chi connectivity index (χ3n) is 7.53. The molecule has 228 valence electrons. The Balaban J connectivity index is 1.55. The number of carbonyl (C=O) groups is 1. The van der Waals surface area contributed by atoms with Crippen LogP contribution >= 0.6 is 23.2 Å². The molecule has 3 aromatic rings. The quantitative estimate of drug-likeness (QED) is 0.0856. The van der Waals surface area contributed by atoms with Crippen LogP contribution in [-0.2, 0) is 5.60 Å². The van der Waals surface area contributed by atoms with Crippen molar-refractivity contribution in [2.24, 2.45) is 10.9 Å². The van der Waals surface area contributed by atoms with Crippen molar-refractivity contribution in [1.82, 2.24) is 10.3 Å². The molecule has 1 aliphatic heterocycles. The smallest absolute Gasteiger partial charge is 0.331 e. The summed E-state index contributed by atoms with van der Waals surface area (Å²) in [6, 6.07) is 4.29. The van der Waals surface area contributed by atoms with Gasteiger partial charge in [-0.2, -0.15) is 8.78 Å². The molecule has 1 fully saturated rings. The molecule has 2 unspecified atom stereocenters. The number of rotatable bonds is 9. The van der Waals surface area contributed by atoms with E-state index < -0.39 is 29.7 Å². The highest BCUT2D eigenvalue weighted by Gasteiger charge is 2.49. The number of aliphatic imine (C=N–C) groups is 1. The molecule has 1 aliphatic carbocycles. The van der Waals surface area contributed by atoms with E-state index in [4.69, 9.17) is 38.4 Å². The second-order valence-electron chi connectivity index (χ2n) is 10.4. The van der Waals surface area contributed by atoms with Gasteiger partial charge in [0.05, 0.1) is 41.7 Å². The van der Waals surface area contributed by atoms with Gasteiger partial charge in [-0.15, -0.1) is 0 Å². The summed E-state index contributed by atoms with van der Waals surface area (Å²) in [5, 5.41) is 14.5. The van der Waals surface area contributed by atoms with E-state index in [1.54, 1.807) is 0 Å². The van der Waals surface area contributed by atoms with Gasteiger partial charge >= 0.3 is 6.55 Å². The molecule has 1 aromatic heterocycles. The van der Waals surface area contributed by atoms with Crippen molar-refractivity contribution in [2.75, 3.05) is 26.0 Å². The number of nitrogens with two attached hydrogens (primary N) is 1. The number of alkyl halides is 2. The Morgan fingerprint density at radius 3 is 2.65 bits per heavy atom. The average Bonchev–Trinajstić information content (AvgIpc) is 3.76. The van der Waals surface area contributed by atoms with Gasteiger partial charge in [0.2, 0.25) is 0 Å². The molecule has 0 bridgehead atoms. The summed E-state index contributed by atoms with van der Waals surface area (Å²) in [5.74, 6) is -2.95. The largest absolute Gasteiger partial charge is 0.495 e. The highest BCUT2D eigenvalue weighted by Crippen LogP contribution is 2.52. The molecule has 4 N–H and O–H groups in total. The Morgan fingerprint density at radius 2 is 2.00 bits per heavy atom. The molecule has 0 radical (unpaired) electrons. The number of nitrogens with one attached hydrogen (secondary N) is 1. The van der Waals surface area contributed by atoms with E-state index in [2.05, 4.69) is 15.3 Å². The van der Waals surface area contributed by atoms with Crippen LogP contribution in [0.1, 0.15) is 52.9 Å². The third kappa shape index (κ3) is 5.83. The van der Waals surface area contributed by atoms with Crippen LogP contribution in [0.15, 0.2) is 29.3 Å². The summed E-state index contributed by atoms with van der Waals surface area (Å²) >= 11 is 12.8. The van der Waals surface area contributed by atoms with Crippen LogP contribution in [-0.4, -0.2) is 49.0 Å². The number of fused-ring (bicyclic) bond motifs is 1. The van der Waals surface area contributed by atoms with Crippen LogP contribution in [0.3, 0.4) is 0 Å². The molecule has 2 aromatic carbocycles. The highest BCUT2D eigenvalue weighted by molar-refractivity contribution is 6.32. The van der Waals surface area contributed by atoms with Crippen molar-refractivity contribution >= 4 is 41.0 Å². The monoisotopic (exact) mass is 640 g/mol. The van der Waals surface area contributed by atoms with Crippen molar-refractivity contribution in [3.05, 3.63) is 68.3 Å². The van der Waals surface area contributed by atoms with E-state index in [-0.39, 0.29) is 80.3 Å². The van der Waals surface area contributed by atoms with Crippen molar-refractivity contribution in [3.8, 4) is 22.8 Å². The van der Waals surface area contributed by atoms with Crippen molar-refractivity contribution in [3.63, 3.8) is 0 Å². The van der Waals surface area contributed by atoms with Crippen molar-refractivity contribution in [2.45, 2.75) is 37.8 Å². The minimum absolute atomic E-state index is 0.00124. The van der Waals surface area contributed by atoms with Crippen LogP contribution in [0.5, 0.6) is 11.5 Å². The first-order chi connectivity index (χ1) is 20.3. The number of nitrogens with zero attached hydrogens (tertiary/aromatic N) is 2. The van der Waals surface area contributed by atoms with Gasteiger partial charge in [-0.1, -0.05) is 30.1 Å². The van der Waals surface area contributed by atoms with E-state index in [0.717, 1.165) is 12.3 Å². The molecular weight excluding hydrogens is 615 g/mol. The maximum Gasteiger partial charge on any atom is 0.331 e. The molecule has 8 nitrogen and oxygen atoms in total. The fourth-order valence-electron chi connectivity index (χ4n) is 5.11. The van der Waals surface area contributed by atoms with Gasteiger partial charge in [-0.25, -0.2) is 18.8 Å². The van der Waals surface area contributed by atoms with Crippen LogP contribution in [0.2, 0.25) is 10.0 Å². The zero-order valence-electron chi connectivity index (χ0n) is 22.9. The number of amides is 1. The van der Waals surface area contributed by atoms with Crippen molar-refractivity contribution in [1.29, 1.82) is 0 Å². The molecule has 1 saturated carbocycles. The zero-order chi connectivity index (χ0) is 31.2. The van der Waals surface area contributed by atoms with Gasteiger partial charge in [0.25, 0.3) is 5.91 Å². The van der Waals surface area contributed by atoms with Gasteiger partial charge in [0.15, 0.2) is 5.75 Å². The van der Waals surface area contributed by atoms with E-state index in [9.17, 15) is 23.1 Å². The lowest BCUT2D eigenvalue weighted by Gasteiger charge is -2.30. The molecule has 2 heterocycles. The summed E-state index contributed by atoms with van der Waals surface area (Å²) in [6.45, 7) is -1.31. The van der Waals surface area contributed by atoms with E-state index in [1.807, 2.05) is 6.92 Å². The number of hydrogen-bond donors (Lipinski definition) is 3. The number of carbonyl (C=O) groups excluding carboxylic acids is 1. The van der Waals surface area contributed by atoms with E-state index in [0.29, 0.717) is 24.5 Å². The standard InChI is InChI=1S/C29H26Cl2F4N4O4/c1-12-10-43-25-21(12)22(31)26(39-24(25)16-7-17(30)19(33)8-18(16)32)29(41,15-3-4-15)11-38-27(40)13-5-14(9-37-28(34)35)23(36)20(6-13)42-2/h5-9,12,15,28,41H,3-4,10-11,36H2,1-2H3,(H,38,40)/b37-9+. The van der Waals surface area contributed by atoms with Crippen molar-refractivity contribution < 1.29 is 36.9 Å². The highest BCUT2D eigenvalue weighted by atomic mass is 35.5. The van der Waals surface area contributed by atoms with Gasteiger partial charge < -0.3 is 25.6 Å². The Bertz CT molecular complexity index is 1640. The Hall–Kier alpha value is -3.61. The molecule has 1 amide bonds. The predicted molar refractivity (Wildman–Crippen MR) is 153 cm³/mol. The lowest BCUT2D eigenvalue weighted by molar-refractivity contribution is 0.00960. The predicted octanol–water partition coefficient (Wildman–Crippen LogP) is 6.09. The van der Waals surface area contributed by atoms with E-state index >= 15 is 4.39 Å². The SMILES string of the molecule is COc1cc(C(=O)NCC(O)(c2nc(-c3cc(Cl)c(F)cc3F)c3c(c2Cl)C(C)CO3)C2CC2)cc(/C=N/C(F)F)c1N. The lowest BCUT2D eigenvalue weighted by Crippen LogP contribution is -2.43. The fraction of sp³-hybridized carbons (Fsp3) is 0.345. The van der Waals surface area contributed by atoms with Crippen LogP contribution in [0.4, 0.5) is 23.2 Å². The van der Waals surface area contributed by atoms with Crippen LogP contribution in [0.25, 0.3) is 11.3 Å². The molecule has 0 spiro atoms. The molecule has 5 rings (SSSR count). The Labute approximate surface area is 253 Å². The molecular formula is C29H26Cl2F4N4O4. The Kier molecular flexibility index (Phi) is 8.47. The molecule has 43 heavy (non-hydrogen) atoms. The molecule has 14 heteroatoms. The summed E-state index contributed by atoms with van der Waals surface area (Å²) in [6.07, 6.45) is 2.01. The topological polar surface area (TPSA) is 119 Å². The number of anilines is 1. The summed E-state index contributed by atoms with van der Waals surface area (Å²) in [4.78, 5) is 20.9. The summed E-state index contributed by atoms with van der Waals surface area (Å²) in [7, 11) is 1.30. The number of ether oxygens (including phenoxy) is 2. The average molecular weight is 641 g/mol. The third-order valence-corrected chi connectivity index (χ3v) is 8.20. The molecule has 2 atom stereocenters. The van der Waals surface area contributed by atoms with Gasteiger partial charge in [-0.3, -0.25) is 4.79 Å². The lowest BCUT2D eigenvalue weighted by atomic mass is 9.89. The molecule has 2 aliphatic rings. The number of nitrogen functional groups attached to an aromatic ring is 1. The maximum absolute atomic E-state index is 15.0. The summed E-state index contributed by atoms with van der Waals surface area (Å²) in [5.41, 5.74) is 4.49. The number of aliphatic hydroxyl groups is 1. The zero-order valence-corrected chi connectivity index (χ0v) is 24.4. The first-order valence-electron chi connectivity index (χ1n) is 13.2. The number of aromatic nitrogens is 1. The number of methoxy groups -OCH3 is 1. The van der Waals surface area contributed by atoms with Crippen LogP contribution in [0, 0.1) is 17.6 Å². The Morgan fingerprint density at radius 1 is 1.28 bits per heavy atom. The number of halogens is 6. The van der Waals surface area contributed by atoms with Crippen LogP contribution < -0.4 is 20.5 Å². The first kappa shape index (κ1) is 30.8. The minimum Gasteiger partial charge on any atom is -0.495 e. The normalized spacial score (nSPS) is 17.6. The summed E-state index contributed by atoms with van der Waals surface area (Å²) < 4.78 is 65.3. The van der Waals surface area contributed by atoms with E-state index in [1.165, 1.54) is 19.2 Å². The van der Waals surface area contributed by atoms with Gasteiger partial charge in [0.1, 0.15) is 28.7 Å². The number of pyridine rings is 1. The number of benzene rings is 2. The molecule has 0 saturated heterocycles. The van der Waals surface area contributed by atoms with Gasteiger partial charge in [0, 0.05) is 40.5 Å². The maximum atomic E-state index is 15.0. The second kappa shape index (κ2) is 11.8. The van der Waals surface area contributed by atoms with Gasteiger partial charge in [-0.05, 0) is 37.0 Å². The minimum atomic E-state index is -2.99. The fourth-order valence-corrected chi connectivity index (χ4v) is 5.75.